The molecule has 0 aliphatic heterocycles. The van der Waals surface area contributed by atoms with Crippen molar-refractivity contribution in [3.05, 3.63) is 218 Å². The van der Waals surface area contributed by atoms with E-state index in [0.717, 1.165) is 17.1 Å². The highest BCUT2D eigenvalue weighted by atomic mass is 32.1. The number of thiophene rings is 1. The fraction of sp³-hybridized carbons (Fsp3) is 0. The molecule has 2 aromatic heterocycles. The van der Waals surface area contributed by atoms with Gasteiger partial charge < -0.3 is 9.47 Å². The Hall–Kier alpha value is -7.20. The van der Waals surface area contributed by atoms with Gasteiger partial charge in [-0.15, -0.1) is 11.3 Å². The molecule has 0 amide bonds. The van der Waals surface area contributed by atoms with Crippen molar-refractivity contribution >= 4 is 70.4 Å². The van der Waals surface area contributed by atoms with Gasteiger partial charge in [-0.3, -0.25) is 0 Å². The lowest BCUT2D eigenvalue weighted by atomic mass is 9.97. The fourth-order valence-corrected chi connectivity index (χ4v) is 9.64. The molecule has 268 valence electrons. The first-order chi connectivity index (χ1) is 28.3. The summed E-state index contributed by atoms with van der Waals surface area (Å²) in [7, 11) is 0. The van der Waals surface area contributed by atoms with Gasteiger partial charge in [0.25, 0.3) is 0 Å². The molecule has 0 saturated heterocycles. The standard InChI is InChI=1S/C54H36N2S/c1-2-13-37(14-3-1)38-25-29-42(30-26-38)55(44-33-34-49-48-20-7-11-24-53(48)57-54(49)36-44)43-31-27-39(28-32-43)40-15-12-16-41(35-40)45-17-4-8-21-50(45)56-51-22-9-5-18-46(51)47-19-6-10-23-52(47)56/h1-36H. The van der Waals surface area contributed by atoms with E-state index < -0.39 is 0 Å². The second kappa shape index (κ2) is 13.8. The summed E-state index contributed by atoms with van der Waals surface area (Å²) in [5.74, 6) is 0. The summed E-state index contributed by atoms with van der Waals surface area (Å²) >= 11 is 1.86. The highest BCUT2D eigenvalue weighted by Gasteiger charge is 2.17. The highest BCUT2D eigenvalue weighted by Crippen LogP contribution is 2.42. The number of para-hydroxylation sites is 3. The molecule has 2 heterocycles. The van der Waals surface area contributed by atoms with E-state index in [4.69, 9.17) is 0 Å². The zero-order valence-electron chi connectivity index (χ0n) is 31.1. The zero-order valence-corrected chi connectivity index (χ0v) is 31.9. The summed E-state index contributed by atoms with van der Waals surface area (Å²) in [5.41, 5.74) is 14.1. The molecule has 3 heteroatoms. The minimum atomic E-state index is 1.11. The Morgan fingerprint density at radius 2 is 0.825 bits per heavy atom. The van der Waals surface area contributed by atoms with Gasteiger partial charge in [-0.05, 0) is 94.5 Å². The van der Waals surface area contributed by atoms with Crippen molar-refractivity contribution in [2.75, 3.05) is 4.90 Å². The molecule has 0 saturated carbocycles. The van der Waals surface area contributed by atoms with E-state index in [0.29, 0.717) is 0 Å². The Bertz CT molecular complexity index is 3170. The third-order valence-corrected chi connectivity index (χ3v) is 12.3. The number of hydrogen-bond donors (Lipinski definition) is 0. The first-order valence-electron chi connectivity index (χ1n) is 19.4. The maximum Gasteiger partial charge on any atom is 0.0541 e. The molecule has 0 fully saturated rings. The Kier molecular flexibility index (Phi) is 8.04. The third-order valence-electron chi connectivity index (χ3n) is 11.2. The predicted octanol–water partition coefficient (Wildman–Crippen LogP) is 15.6. The molecule has 0 aliphatic rings. The van der Waals surface area contributed by atoms with Crippen LogP contribution in [0.4, 0.5) is 17.1 Å². The van der Waals surface area contributed by atoms with Crippen LogP contribution in [0.15, 0.2) is 218 Å². The van der Waals surface area contributed by atoms with Crippen LogP contribution in [0.25, 0.3) is 81.0 Å². The first-order valence-corrected chi connectivity index (χ1v) is 20.2. The average molecular weight is 745 g/mol. The molecular weight excluding hydrogens is 709 g/mol. The van der Waals surface area contributed by atoms with Crippen LogP contribution in [0, 0.1) is 0 Å². The molecule has 0 unspecified atom stereocenters. The van der Waals surface area contributed by atoms with Crippen LogP contribution in [-0.2, 0) is 0 Å². The monoisotopic (exact) mass is 744 g/mol. The summed E-state index contributed by atoms with van der Waals surface area (Å²) in [4.78, 5) is 2.38. The lowest BCUT2D eigenvalue weighted by molar-refractivity contribution is 1.18. The summed E-state index contributed by atoms with van der Waals surface area (Å²) in [6.45, 7) is 0. The number of anilines is 3. The number of fused-ring (bicyclic) bond motifs is 6. The van der Waals surface area contributed by atoms with Gasteiger partial charge in [0.1, 0.15) is 0 Å². The van der Waals surface area contributed by atoms with Crippen molar-refractivity contribution in [2.45, 2.75) is 0 Å². The molecule has 0 bridgehead atoms. The van der Waals surface area contributed by atoms with Crippen LogP contribution in [0.5, 0.6) is 0 Å². The Balaban J connectivity index is 0.984. The van der Waals surface area contributed by atoms with Crippen LogP contribution in [0.3, 0.4) is 0 Å². The van der Waals surface area contributed by atoms with Crippen molar-refractivity contribution in [1.29, 1.82) is 0 Å². The van der Waals surface area contributed by atoms with Gasteiger partial charge in [-0.2, -0.15) is 0 Å². The van der Waals surface area contributed by atoms with Gasteiger partial charge in [-0.1, -0.05) is 152 Å². The minimum Gasteiger partial charge on any atom is -0.310 e. The Labute approximate surface area is 335 Å². The molecule has 0 radical (unpaired) electrons. The molecule has 0 N–H and O–H groups in total. The van der Waals surface area contributed by atoms with Crippen LogP contribution in [0.1, 0.15) is 0 Å². The van der Waals surface area contributed by atoms with Gasteiger partial charge in [-0.25, -0.2) is 0 Å². The van der Waals surface area contributed by atoms with Crippen LogP contribution in [-0.4, -0.2) is 4.57 Å². The van der Waals surface area contributed by atoms with Gasteiger partial charge in [0, 0.05) is 53.6 Å². The maximum atomic E-state index is 2.42. The van der Waals surface area contributed by atoms with E-state index in [1.807, 2.05) is 11.3 Å². The molecule has 11 aromatic rings. The van der Waals surface area contributed by atoms with Gasteiger partial charge in [0.15, 0.2) is 0 Å². The Morgan fingerprint density at radius 3 is 1.54 bits per heavy atom. The topological polar surface area (TPSA) is 8.17 Å². The number of hydrogen-bond acceptors (Lipinski definition) is 2. The van der Waals surface area contributed by atoms with Crippen molar-refractivity contribution < 1.29 is 0 Å². The largest absolute Gasteiger partial charge is 0.310 e. The van der Waals surface area contributed by atoms with E-state index in [1.54, 1.807) is 0 Å². The normalized spacial score (nSPS) is 11.5. The number of rotatable bonds is 7. The molecule has 11 rings (SSSR count). The van der Waals surface area contributed by atoms with E-state index in [1.165, 1.54) is 81.0 Å². The second-order valence-corrected chi connectivity index (χ2v) is 15.6. The van der Waals surface area contributed by atoms with Gasteiger partial charge >= 0.3 is 0 Å². The fourth-order valence-electron chi connectivity index (χ4n) is 8.50. The van der Waals surface area contributed by atoms with Crippen molar-refractivity contribution in [3.8, 4) is 39.1 Å². The molecule has 0 spiro atoms. The number of benzene rings is 9. The number of aromatic nitrogens is 1. The van der Waals surface area contributed by atoms with Gasteiger partial charge in [0.2, 0.25) is 0 Å². The van der Waals surface area contributed by atoms with Crippen molar-refractivity contribution in [2.24, 2.45) is 0 Å². The van der Waals surface area contributed by atoms with Gasteiger partial charge in [0.05, 0.1) is 16.7 Å². The SMILES string of the molecule is c1ccc(-c2ccc(N(c3ccc(-c4cccc(-c5ccccc5-n5c6ccccc6c6ccccc65)c4)cc3)c3ccc4c(c3)sc3ccccc34)cc2)cc1. The lowest BCUT2D eigenvalue weighted by Crippen LogP contribution is -2.09. The quantitative estimate of drug-likeness (QED) is 0.158. The van der Waals surface area contributed by atoms with Crippen LogP contribution >= 0.6 is 11.3 Å². The van der Waals surface area contributed by atoms with Crippen LogP contribution in [0.2, 0.25) is 0 Å². The van der Waals surface area contributed by atoms with E-state index in [-0.39, 0.29) is 0 Å². The minimum absolute atomic E-state index is 1.11. The average Bonchev–Trinajstić information content (AvgIpc) is 3.83. The molecule has 0 atom stereocenters. The summed E-state index contributed by atoms with van der Waals surface area (Å²) in [5, 5.41) is 5.14. The summed E-state index contributed by atoms with van der Waals surface area (Å²) < 4.78 is 5.01. The summed E-state index contributed by atoms with van der Waals surface area (Å²) in [6, 6.07) is 79.3. The zero-order chi connectivity index (χ0) is 37.7. The van der Waals surface area contributed by atoms with Crippen molar-refractivity contribution in [1.82, 2.24) is 4.57 Å². The van der Waals surface area contributed by atoms with E-state index >= 15 is 0 Å². The predicted molar refractivity (Wildman–Crippen MR) is 245 cm³/mol. The second-order valence-electron chi connectivity index (χ2n) is 14.5. The molecule has 9 aromatic carbocycles. The molecule has 2 nitrogen and oxygen atoms in total. The molecule has 0 aliphatic carbocycles. The third kappa shape index (κ3) is 5.80. The maximum absolute atomic E-state index is 2.42. The summed E-state index contributed by atoms with van der Waals surface area (Å²) in [6.07, 6.45) is 0. The van der Waals surface area contributed by atoms with E-state index in [2.05, 4.69) is 228 Å². The lowest BCUT2D eigenvalue weighted by Gasteiger charge is -2.26. The number of nitrogens with zero attached hydrogens (tertiary/aromatic N) is 2. The molecule has 57 heavy (non-hydrogen) atoms. The Morgan fingerprint density at radius 1 is 0.316 bits per heavy atom. The smallest absolute Gasteiger partial charge is 0.0541 e. The highest BCUT2D eigenvalue weighted by molar-refractivity contribution is 7.25. The first kappa shape index (κ1) is 33.2. The van der Waals surface area contributed by atoms with Crippen LogP contribution < -0.4 is 4.90 Å². The van der Waals surface area contributed by atoms with Crippen molar-refractivity contribution in [3.63, 3.8) is 0 Å². The van der Waals surface area contributed by atoms with E-state index in [9.17, 15) is 0 Å². The molecular formula is C54H36N2S.